The molecule has 2 fully saturated rings. The van der Waals surface area contributed by atoms with Gasteiger partial charge in [-0.05, 0) is 48.9 Å². The fraction of sp³-hybridized carbons (Fsp3) is 0.562. The van der Waals surface area contributed by atoms with Gasteiger partial charge in [-0.3, -0.25) is 0 Å². The lowest BCUT2D eigenvalue weighted by Crippen LogP contribution is -2.38. The Kier molecular flexibility index (Phi) is 5.91. The Balaban J connectivity index is 0.00000208. The summed E-state index contributed by atoms with van der Waals surface area (Å²) in [5, 5.41) is 0. The quantitative estimate of drug-likeness (QED) is 0.812. The van der Waals surface area contributed by atoms with Crippen LogP contribution < -0.4 is 5.73 Å². The van der Waals surface area contributed by atoms with E-state index >= 15 is 0 Å². The van der Waals surface area contributed by atoms with Crippen molar-refractivity contribution >= 4 is 28.4 Å². The number of ether oxygens (including phenoxy) is 1. The molecule has 24 heavy (non-hydrogen) atoms. The molecule has 0 bridgehead atoms. The molecule has 3 atom stereocenters. The second kappa shape index (κ2) is 7.39. The molecule has 0 radical (unpaired) electrons. The van der Waals surface area contributed by atoms with E-state index < -0.39 is 16.0 Å². The van der Waals surface area contributed by atoms with Gasteiger partial charge in [-0.1, -0.05) is 6.42 Å². The average molecular weight is 375 g/mol. The number of fused-ring (bicyclic) bond motifs is 1. The molecule has 0 amide bonds. The highest BCUT2D eigenvalue weighted by Crippen LogP contribution is 2.37. The molecule has 3 unspecified atom stereocenters. The predicted octanol–water partition coefficient (Wildman–Crippen LogP) is 1.64. The molecule has 1 saturated carbocycles. The Labute approximate surface area is 148 Å². The van der Waals surface area contributed by atoms with E-state index in [2.05, 4.69) is 4.74 Å². The van der Waals surface area contributed by atoms with Gasteiger partial charge >= 0.3 is 5.97 Å². The van der Waals surface area contributed by atoms with E-state index in [0.717, 1.165) is 19.3 Å². The smallest absolute Gasteiger partial charge is 0.337 e. The van der Waals surface area contributed by atoms with Crippen LogP contribution in [-0.2, 0) is 14.8 Å². The standard InChI is InChI=1S/C16H22N2O4S.ClH/c1-22-16(19)11-5-7-13(8-6-11)23(20,21)18-9-12-3-2-4-15(17)14(12)10-18;/h5-8,12,14-15H,2-4,9-10,17H2,1H3;1H. The SMILES string of the molecule is COC(=O)c1ccc(S(=O)(=O)N2CC3CCCC(N)C3C2)cc1.Cl. The third-order valence-electron chi connectivity index (χ3n) is 5.03. The molecule has 1 heterocycles. The van der Waals surface area contributed by atoms with E-state index in [9.17, 15) is 13.2 Å². The minimum absolute atomic E-state index is 0. The first kappa shape index (κ1) is 19.2. The molecule has 1 aliphatic heterocycles. The lowest BCUT2D eigenvalue weighted by molar-refractivity contribution is 0.0600. The number of carbonyl (C=O) groups excluding carboxylic acids is 1. The van der Waals surface area contributed by atoms with Gasteiger partial charge in [-0.25, -0.2) is 13.2 Å². The van der Waals surface area contributed by atoms with Crippen molar-refractivity contribution in [2.75, 3.05) is 20.2 Å². The van der Waals surface area contributed by atoms with Crippen LogP contribution >= 0.6 is 12.4 Å². The van der Waals surface area contributed by atoms with Crippen molar-refractivity contribution in [3.05, 3.63) is 29.8 Å². The average Bonchev–Trinajstić information content (AvgIpc) is 3.01. The van der Waals surface area contributed by atoms with E-state index in [0.29, 0.717) is 24.6 Å². The van der Waals surface area contributed by atoms with Crippen LogP contribution in [-0.4, -0.2) is 44.9 Å². The first-order valence-corrected chi connectivity index (χ1v) is 9.31. The maximum atomic E-state index is 12.8. The third kappa shape index (κ3) is 3.44. The summed E-state index contributed by atoms with van der Waals surface area (Å²) in [6.07, 6.45) is 3.10. The number of methoxy groups -OCH3 is 1. The van der Waals surface area contributed by atoms with Crippen LogP contribution in [0.2, 0.25) is 0 Å². The summed E-state index contributed by atoms with van der Waals surface area (Å²) in [6.45, 7) is 1.03. The number of nitrogens with two attached hydrogens (primary N) is 1. The minimum atomic E-state index is -3.54. The molecule has 6 nitrogen and oxygen atoms in total. The van der Waals surface area contributed by atoms with Gasteiger partial charge < -0.3 is 10.5 Å². The largest absolute Gasteiger partial charge is 0.465 e. The van der Waals surface area contributed by atoms with E-state index in [1.807, 2.05) is 0 Å². The van der Waals surface area contributed by atoms with Crippen molar-refractivity contribution in [1.82, 2.24) is 4.31 Å². The van der Waals surface area contributed by atoms with E-state index in [1.165, 1.54) is 31.4 Å². The predicted molar refractivity (Wildman–Crippen MR) is 92.6 cm³/mol. The zero-order valence-electron chi connectivity index (χ0n) is 13.6. The molecule has 134 valence electrons. The molecule has 8 heteroatoms. The number of nitrogens with zero attached hydrogens (tertiary/aromatic N) is 1. The van der Waals surface area contributed by atoms with E-state index in [1.54, 1.807) is 4.31 Å². The zero-order chi connectivity index (χ0) is 16.6. The Morgan fingerprint density at radius 1 is 1.21 bits per heavy atom. The number of hydrogen-bond acceptors (Lipinski definition) is 5. The molecule has 3 rings (SSSR count). The first-order valence-electron chi connectivity index (χ1n) is 7.87. The highest BCUT2D eigenvalue weighted by molar-refractivity contribution is 7.89. The summed E-state index contributed by atoms with van der Waals surface area (Å²) in [5.74, 6) is 0.142. The molecule has 2 aliphatic rings. The van der Waals surface area contributed by atoms with Crippen molar-refractivity contribution < 1.29 is 17.9 Å². The summed E-state index contributed by atoms with van der Waals surface area (Å²) < 4.78 is 31.8. The second-order valence-corrected chi connectivity index (χ2v) is 8.29. The maximum absolute atomic E-state index is 12.8. The van der Waals surface area contributed by atoms with Crippen molar-refractivity contribution in [2.45, 2.75) is 30.2 Å². The number of benzene rings is 1. The summed E-state index contributed by atoms with van der Waals surface area (Å²) in [6, 6.07) is 5.98. The van der Waals surface area contributed by atoms with Gasteiger partial charge in [0.2, 0.25) is 10.0 Å². The van der Waals surface area contributed by atoms with Gasteiger partial charge in [0.15, 0.2) is 0 Å². The molecular formula is C16H23ClN2O4S. The van der Waals surface area contributed by atoms with E-state index in [-0.39, 0.29) is 29.3 Å². The molecule has 2 N–H and O–H groups in total. The summed E-state index contributed by atoms with van der Waals surface area (Å²) in [7, 11) is -2.25. The van der Waals surface area contributed by atoms with Crippen LogP contribution in [0.4, 0.5) is 0 Å². The lowest BCUT2D eigenvalue weighted by atomic mass is 9.78. The topological polar surface area (TPSA) is 89.7 Å². The van der Waals surface area contributed by atoms with Gasteiger partial charge in [-0.15, -0.1) is 12.4 Å². The molecule has 0 aromatic heterocycles. The number of carbonyl (C=O) groups is 1. The van der Waals surface area contributed by atoms with Gasteiger partial charge in [0.25, 0.3) is 0 Å². The second-order valence-electron chi connectivity index (χ2n) is 6.36. The Bertz CT molecular complexity index is 693. The highest BCUT2D eigenvalue weighted by atomic mass is 35.5. The zero-order valence-corrected chi connectivity index (χ0v) is 15.2. The number of esters is 1. The molecular weight excluding hydrogens is 352 g/mol. The molecule has 1 aromatic rings. The number of rotatable bonds is 3. The van der Waals surface area contributed by atoms with Gasteiger partial charge in [0.05, 0.1) is 17.6 Å². The first-order chi connectivity index (χ1) is 10.9. The highest BCUT2D eigenvalue weighted by Gasteiger charge is 2.43. The Morgan fingerprint density at radius 3 is 2.46 bits per heavy atom. The minimum Gasteiger partial charge on any atom is -0.465 e. The van der Waals surface area contributed by atoms with E-state index in [4.69, 9.17) is 5.73 Å². The van der Waals surface area contributed by atoms with Gasteiger partial charge in [-0.2, -0.15) is 4.31 Å². The maximum Gasteiger partial charge on any atom is 0.337 e. The van der Waals surface area contributed by atoms with Crippen LogP contribution in [0.15, 0.2) is 29.2 Å². The van der Waals surface area contributed by atoms with Crippen molar-refractivity contribution in [3.63, 3.8) is 0 Å². The number of sulfonamides is 1. The van der Waals surface area contributed by atoms with Crippen molar-refractivity contribution in [1.29, 1.82) is 0 Å². The fourth-order valence-electron chi connectivity index (χ4n) is 3.70. The summed E-state index contributed by atoms with van der Waals surface area (Å²) in [5.41, 5.74) is 6.50. The van der Waals surface area contributed by atoms with Crippen LogP contribution in [0.3, 0.4) is 0 Å². The molecule has 0 spiro atoms. The van der Waals surface area contributed by atoms with Gasteiger partial charge in [0, 0.05) is 19.1 Å². The molecule has 1 aromatic carbocycles. The van der Waals surface area contributed by atoms with Crippen LogP contribution in [0.1, 0.15) is 29.6 Å². The monoisotopic (exact) mass is 374 g/mol. The van der Waals surface area contributed by atoms with Crippen LogP contribution in [0.25, 0.3) is 0 Å². The summed E-state index contributed by atoms with van der Waals surface area (Å²) in [4.78, 5) is 11.6. The fourth-order valence-corrected chi connectivity index (χ4v) is 5.24. The van der Waals surface area contributed by atoms with Crippen molar-refractivity contribution in [3.8, 4) is 0 Å². The molecule has 1 saturated heterocycles. The van der Waals surface area contributed by atoms with Crippen LogP contribution in [0, 0.1) is 11.8 Å². The molecule has 1 aliphatic carbocycles. The lowest BCUT2D eigenvalue weighted by Gasteiger charge is -2.29. The number of halogens is 1. The Hall–Kier alpha value is -1.15. The number of hydrogen-bond donors (Lipinski definition) is 1. The van der Waals surface area contributed by atoms with Gasteiger partial charge in [0.1, 0.15) is 0 Å². The summed E-state index contributed by atoms with van der Waals surface area (Å²) >= 11 is 0. The van der Waals surface area contributed by atoms with Crippen LogP contribution in [0.5, 0.6) is 0 Å². The third-order valence-corrected chi connectivity index (χ3v) is 6.88. The van der Waals surface area contributed by atoms with Crippen molar-refractivity contribution in [2.24, 2.45) is 17.6 Å². The Morgan fingerprint density at radius 2 is 1.88 bits per heavy atom. The normalized spacial score (nSPS) is 27.2.